The van der Waals surface area contributed by atoms with Crippen molar-refractivity contribution < 1.29 is 4.79 Å². The van der Waals surface area contributed by atoms with Crippen LogP contribution in [-0.4, -0.2) is 11.0 Å². The van der Waals surface area contributed by atoms with E-state index in [-0.39, 0.29) is 17.4 Å². The topological polar surface area (TPSA) is 41.1 Å². The van der Waals surface area contributed by atoms with Crippen LogP contribution in [0.1, 0.15) is 11.1 Å². The van der Waals surface area contributed by atoms with Gasteiger partial charge in [0.05, 0.1) is 12.1 Å². The standard InChI is InChI=1S/C20H17BrN2OS/c1-13-9-10-18(17(21)11-13)22-20(25)23-19(24)12-15-7-4-6-14-5-2-3-8-16(14)15/h2-11H,12H2,1H3,(H2,22,23,24,25). The number of hydrogen-bond donors (Lipinski definition) is 2. The summed E-state index contributed by atoms with van der Waals surface area (Å²) in [7, 11) is 0. The molecule has 3 rings (SSSR count). The number of benzene rings is 3. The molecule has 3 aromatic rings. The molecule has 0 aliphatic carbocycles. The second kappa shape index (κ2) is 7.76. The number of halogens is 1. The van der Waals surface area contributed by atoms with Gasteiger partial charge in [-0.25, -0.2) is 0 Å². The number of carbonyl (C=O) groups excluding carboxylic acids is 1. The predicted octanol–water partition coefficient (Wildman–Crippen LogP) is 4.97. The highest BCUT2D eigenvalue weighted by Crippen LogP contribution is 2.23. The number of amides is 1. The van der Waals surface area contributed by atoms with Crippen LogP contribution in [0.25, 0.3) is 10.8 Å². The molecular weight excluding hydrogens is 396 g/mol. The van der Waals surface area contributed by atoms with Gasteiger partial charge in [-0.1, -0.05) is 48.5 Å². The first kappa shape index (κ1) is 17.6. The maximum atomic E-state index is 12.3. The zero-order valence-electron chi connectivity index (χ0n) is 13.7. The molecular formula is C20H17BrN2OS. The highest BCUT2D eigenvalue weighted by molar-refractivity contribution is 9.10. The molecule has 0 aromatic heterocycles. The van der Waals surface area contributed by atoms with E-state index in [1.54, 1.807) is 0 Å². The molecule has 2 N–H and O–H groups in total. The van der Waals surface area contributed by atoms with Gasteiger partial charge in [-0.05, 0) is 69.1 Å². The molecule has 0 radical (unpaired) electrons. The van der Waals surface area contributed by atoms with Crippen molar-refractivity contribution in [3.8, 4) is 0 Å². The van der Waals surface area contributed by atoms with Gasteiger partial charge in [-0.15, -0.1) is 0 Å². The molecule has 0 unspecified atom stereocenters. The van der Waals surface area contributed by atoms with Crippen molar-refractivity contribution in [2.45, 2.75) is 13.3 Å². The zero-order valence-corrected chi connectivity index (χ0v) is 16.1. The molecule has 0 fully saturated rings. The zero-order chi connectivity index (χ0) is 17.8. The highest BCUT2D eigenvalue weighted by atomic mass is 79.9. The fourth-order valence-corrected chi connectivity index (χ4v) is 3.48. The number of thiocarbonyl (C=S) groups is 1. The Morgan fingerprint density at radius 2 is 1.84 bits per heavy atom. The summed E-state index contributed by atoms with van der Waals surface area (Å²) in [5, 5.41) is 8.28. The second-order valence-electron chi connectivity index (χ2n) is 5.80. The van der Waals surface area contributed by atoms with Crippen LogP contribution in [0.15, 0.2) is 65.1 Å². The van der Waals surface area contributed by atoms with Gasteiger partial charge < -0.3 is 10.6 Å². The number of nitrogens with one attached hydrogen (secondary N) is 2. The van der Waals surface area contributed by atoms with Crippen molar-refractivity contribution in [3.63, 3.8) is 0 Å². The minimum absolute atomic E-state index is 0.142. The molecule has 0 saturated heterocycles. The van der Waals surface area contributed by atoms with Crippen molar-refractivity contribution in [2.75, 3.05) is 5.32 Å². The van der Waals surface area contributed by atoms with Crippen molar-refractivity contribution in [3.05, 3.63) is 76.3 Å². The van der Waals surface area contributed by atoms with Crippen LogP contribution in [0.4, 0.5) is 5.69 Å². The third kappa shape index (κ3) is 4.44. The lowest BCUT2D eigenvalue weighted by atomic mass is 10.0. The lowest BCUT2D eigenvalue weighted by Gasteiger charge is -2.12. The Hall–Kier alpha value is -2.24. The highest BCUT2D eigenvalue weighted by Gasteiger charge is 2.09. The summed E-state index contributed by atoms with van der Waals surface area (Å²) in [4.78, 5) is 12.3. The van der Waals surface area contributed by atoms with Crippen LogP contribution in [0.3, 0.4) is 0 Å². The van der Waals surface area contributed by atoms with Crippen LogP contribution in [-0.2, 0) is 11.2 Å². The molecule has 0 spiro atoms. The first-order chi connectivity index (χ1) is 12.0. The number of anilines is 1. The molecule has 0 heterocycles. The predicted molar refractivity (Wildman–Crippen MR) is 111 cm³/mol. The van der Waals surface area contributed by atoms with Gasteiger partial charge in [0, 0.05) is 4.47 Å². The van der Waals surface area contributed by atoms with Crippen LogP contribution >= 0.6 is 28.1 Å². The lowest BCUT2D eigenvalue weighted by Crippen LogP contribution is -2.35. The molecule has 0 atom stereocenters. The molecule has 0 bridgehead atoms. The quantitative estimate of drug-likeness (QED) is 0.596. The van der Waals surface area contributed by atoms with Gasteiger partial charge in [0.15, 0.2) is 5.11 Å². The Kier molecular flexibility index (Phi) is 5.46. The number of rotatable bonds is 3. The summed E-state index contributed by atoms with van der Waals surface area (Å²) in [6.45, 7) is 2.01. The minimum Gasteiger partial charge on any atom is -0.331 e. The van der Waals surface area contributed by atoms with Crippen molar-refractivity contribution in [1.82, 2.24) is 5.32 Å². The first-order valence-electron chi connectivity index (χ1n) is 7.86. The number of hydrogen-bond acceptors (Lipinski definition) is 2. The Morgan fingerprint density at radius 3 is 2.64 bits per heavy atom. The Balaban J connectivity index is 1.66. The summed E-state index contributed by atoms with van der Waals surface area (Å²) in [6.07, 6.45) is 0.276. The SMILES string of the molecule is Cc1ccc(NC(=S)NC(=O)Cc2cccc3ccccc23)c(Br)c1. The van der Waals surface area contributed by atoms with E-state index < -0.39 is 0 Å². The molecule has 3 aromatic carbocycles. The summed E-state index contributed by atoms with van der Waals surface area (Å²) < 4.78 is 0.901. The molecule has 0 aliphatic rings. The second-order valence-corrected chi connectivity index (χ2v) is 7.06. The van der Waals surface area contributed by atoms with Gasteiger partial charge in [0.25, 0.3) is 0 Å². The van der Waals surface area contributed by atoms with Gasteiger partial charge in [0.2, 0.25) is 5.91 Å². The summed E-state index contributed by atoms with van der Waals surface area (Å²) >= 11 is 8.74. The van der Waals surface area contributed by atoms with E-state index in [4.69, 9.17) is 12.2 Å². The van der Waals surface area contributed by atoms with Gasteiger partial charge in [-0.2, -0.15) is 0 Å². The van der Waals surface area contributed by atoms with Gasteiger partial charge in [-0.3, -0.25) is 4.79 Å². The summed E-state index contributed by atoms with van der Waals surface area (Å²) in [5.74, 6) is -0.142. The molecule has 25 heavy (non-hydrogen) atoms. The average Bonchev–Trinajstić information content (AvgIpc) is 2.57. The fraction of sp³-hybridized carbons (Fsp3) is 0.100. The average molecular weight is 413 g/mol. The van der Waals surface area contributed by atoms with Crippen LogP contribution < -0.4 is 10.6 Å². The van der Waals surface area contributed by atoms with E-state index >= 15 is 0 Å². The van der Waals surface area contributed by atoms with Crippen molar-refractivity contribution in [2.24, 2.45) is 0 Å². The molecule has 3 nitrogen and oxygen atoms in total. The monoisotopic (exact) mass is 412 g/mol. The maximum Gasteiger partial charge on any atom is 0.230 e. The summed E-state index contributed by atoms with van der Waals surface area (Å²) in [5.41, 5.74) is 2.94. The van der Waals surface area contributed by atoms with E-state index in [1.807, 2.05) is 67.6 Å². The minimum atomic E-state index is -0.142. The Morgan fingerprint density at radius 1 is 1.08 bits per heavy atom. The lowest BCUT2D eigenvalue weighted by molar-refractivity contribution is -0.119. The smallest absolute Gasteiger partial charge is 0.230 e. The van der Waals surface area contributed by atoms with Crippen LogP contribution in [0.2, 0.25) is 0 Å². The van der Waals surface area contributed by atoms with Crippen LogP contribution in [0, 0.1) is 6.92 Å². The number of carbonyl (C=O) groups is 1. The Bertz CT molecular complexity index is 950. The molecule has 126 valence electrons. The normalized spacial score (nSPS) is 10.5. The fourth-order valence-electron chi connectivity index (χ4n) is 2.67. The van der Waals surface area contributed by atoms with E-state index in [0.717, 1.165) is 32.1 Å². The van der Waals surface area contributed by atoms with Crippen molar-refractivity contribution in [1.29, 1.82) is 0 Å². The van der Waals surface area contributed by atoms with Gasteiger partial charge in [0.1, 0.15) is 0 Å². The Labute approximate surface area is 160 Å². The molecule has 0 saturated carbocycles. The first-order valence-corrected chi connectivity index (χ1v) is 9.06. The van der Waals surface area contributed by atoms with Crippen LogP contribution in [0.5, 0.6) is 0 Å². The van der Waals surface area contributed by atoms with Crippen molar-refractivity contribution >= 4 is 55.6 Å². The van der Waals surface area contributed by atoms with E-state index in [1.165, 1.54) is 0 Å². The third-order valence-corrected chi connectivity index (χ3v) is 4.72. The van der Waals surface area contributed by atoms with E-state index in [2.05, 4.69) is 26.6 Å². The largest absolute Gasteiger partial charge is 0.331 e. The summed E-state index contributed by atoms with van der Waals surface area (Å²) in [6, 6.07) is 19.9. The third-order valence-electron chi connectivity index (χ3n) is 3.86. The molecule has 0 aliphatic heterocycles. The van der Waals surface area contributed by atoms with E-state index in [9.17, 15) is 4.79 Å². The molecule has 1 amide bonds. The number of fused-ring (bicyclic) bond motifs is 1. The maximum absolute atomic E-state index is 12.3. The molecule has 5 heteroatoms. The van der Waals surface area contributed by atoms with Gasteiger partial charge >= 0.3 is 0 Å². The number of aryl methyl sites for hydroxylation is 1. The van der Waals surface area contributed by atoms with E-state index in [0.29, 0.717) is 0 Å².